The Labute approximate surface area is 175 Å². The van der Waals surface area contributed by atoms with Gasteiger partial charge < -0.3 is 18.9 Å². The van der Waals surface area contributed by atoms with Crippen molar-refractivity contribution in [2.24, 2.45) is 5.92 Å². The zero-order chi connectivity index (χ0) is 20.5. The monoisotopic (exact) mass is 406 g/mol. The topological polar surface area (TPSA) is 54.0 Å². The summed E-state index contributed by atoms with van der Waals surface area (Å²) in [4.78, 5) is 12.3. The van der Waals surface area contributed by atoms with Gasteiger partial charge >= 0.3 is 0 Å². The number of carbonyl (C=O) groups excluding carboxylic acids is 1. The molecule has 1 aliphatic carbocycles. The number of hydrogen-bond donors (Lipinski definition) is 0. The van der Waals surface area contributed by atoms with E-state index in [0.717, 1.165) is 64.6 Å². The maximum Gasteiger partial charge on any atom is 0.161 e. The number of ether oxygens (including phenoxy) is 4. The van der Waals surface area contributed by atoms with Crippen LogP contribution in [0.3, 0.4) is 0 Å². The van der Waals surface area contributed by atoms with Crippen LogP contribution in [0, 0.1) is 5.92 Å². The molecule has 3 fully saturated rings. The van der Waals surface area contributed by atoms with Crippen LogP contribution in [0.2, 0.25) is 0 Å². The van der Waals surface area contributed by atoms with Crippen molar-refractivity contribution in [3.8, 4) is 0 Å². The van der Waals surface area contributed by atoms with E-state index in [1.807, 2.05) is 0 Å². The average Bonchev–Trinajstić information content (AvgIpc) is 3.00. The van der Waals surface area contributed by atoms with Crippen LogP contribution in [0.1, 0.15) is 77.6 Å². The highest BCUT2D eigenvalue weighted by molar-refractivity contribution is 5.98. The highest BCUT2D eigenvalue weighted by atomic mass is 16.7. The van der Waals surface area contributed by atoms with E-state index in [4.69, 9.17) is 18.9 Å². The molecular weight excluding hydrogens is 368 g/mol. The Morgan fingerprint density at radius 1 is 1.10 bits per heavy atom. The second-order valence-electron chi connectivity index (χ2n) is 8.50. The first-order valence-corrected chi connectivity index (χ1v) is 11.6. The number of carbonyl (C=O) groups is 1. The van der Waals surface area contributed by atoms with E-state index in [0.29, 0.717) is 12.0 Å². The Morgan fingerprint density at radius 2 is 1.83 bits per heavy atom. The number of unbranched alkanes of at least 4 members (excludes halogenated alkanes) is 2. The molecule has 4 unspecified atom stereocenters. The average molecular weight is 407 g/mol. The molecule has 0 radical (unpaired) electrons. The van der Waals surface area contributed by atoms with Crippen molar-refractivity contribution < 1.29 is 23.7 Å². The minimum absolute atomic E-state index is 0.000248. The van der Waals surface area contributed by atoms with Crippen LogP contribution in [0.4, 0.5) is 0 Å². The van der Waals surface area contributed by atoms with Gasteiger partial charge in [0, 0.05) is 25.6 Å². The molecule has 5 atom stereocenters. The molecule has 3 aliphatic rings. The van der Waals surface area contributed by atoms with Gasteiger partial charge in [-0.1, -0.05) is 44.9 Å². The Kier molecular flexibility index (Phi) is 9.37. The molecule has 0 aromatic rings. The third-order valence-electron chi connectivity index (χ3n) is 6.10. The molecule has 2 aliphatic heterocycles. The van der Waals surface area contributed by atoms with Gasteiger partial charge in [0.15, 0.2) is 18.4 Å². The largest absolute Gasteiger partial charge is 0.353 e. The van der Waals surface area contributed by atoms with Crippen molar-refractivity contribution in [3.05, 3.63) is 24.3 Å². The first-order valence-electron chi connectivity index (χ1n) is 11.6. The Balaban J connectivity index is 1.61. The summed E-state index contributed by atoms with van der Waals surface area (Å²) in [6.45, 7) is 7.77. The quantitative estimate of drug-likeness (QED) is 0.287. The van der Waals surface area contributed by atoms with E-state index >= 15 is 0 Å². The lowest BCUT2D eigenvalue weighted by atomic mass is 9.99. The van der Waals surface area contributed by atoms with E-state index in [1.165, 1.54) is 12.8 Å². The normalized spacial score (nSPS) is 32.2. The van der Waals surface area contributed by atoms with E-state index in [2.05, 4.69) is 25.7 Å². The Hall–Kier alpha value is -1.01. The van der Waals surface area contributed by atoms with E-state index in [9.17, 15) is 4.79 Å². The molecule has 5 nitrogen and oxygen atoms in total. The summed E-state index contributed by atoms with van der Waals surface area (Å²) >= 11 is 0. The molecule has 29 heavy (non-hydrogen) atoms. The lowest BCUT2D eigenvalue weighted by Crippen LogP contribution is -2.30. The van der Waals surface area contributed by atoms with Gasteiger partial charge in [-0.05, 0) is 50.5 Å². The van der Waals surface area contributed by atoms with Crippen LogP contribution in [0.25, 0.3) is 0 Å². The molecule has 2 saturated heterocycles. The van der Waals surface area contributed by atoms with E-state index in [1.54, 1.807) is 0 Å². The lowest BCUT2D eigenvalue weighted by molar-refractivity contribution is -0.190. The molecule has 1 saturated carbocycles. The fraction of sp³-hybridized carbons (Fsp3) is 0.792. The number of hydrogen-bond acceptors (Lipinski definition) is 5. The number of Topliss-reactive ketones (excluding diaryl/α,β-unsaturated/α-hetero) is 1. The van der Waals surface area contributed by atoms with Gasteiger partial charge in [0.25, 0.3) is 0 Å². The van der Waals surface area contributed by atoms with Crippen molar-refractivity contribution in [3.63, 3.8) is 0 Å². The Bertz CT molecular complexity index is 545. The van der Waals surface area contributed by atoms with Crippen molar-refractivity contribution in [2.45, 2.75) is 102 Å². The first-order chi connectivity index (χ1) is 14.2. The van der Waals surface area contributed by atoms with Crippen LogP contribution in [-0.2, 0) is 23.7 Å². The maximum atomic E-state index is 12.3. The smallest absolute Gasteiger partial charge is 0.161 e. The van der Waals surface area contributed by atoms with Crippen molar-refractivity contribution >= 4 is 5.78 Å². The number of rotatable bonds is 10. The van der Waals surface area contributed by atoms with Crippen LogP contribution < -0.4 is 0 Å². The summed E-state index contributed by atoms with van der Waals surface area (Å²) in [6.07, 6.45) is 14.9. The van der Waals surface area contributed by atoms with Crippen LogP contribution >= 0.6 is 0 Å². The predicted molar refractivity (Wildman–Crippen MR) is 112 cm³/mol. The molecule has 2 heterocycles. The summed E-state index contributed by atoms with van der Waals surface area (Å²) in [7, 11) is 0. The summed E-state index contributed by atoms with van der Waals surface area (Å²) in [6, 6.07) is 0. The third-order valence-corrected chi connectivity index (χ3v) is 6.10. The molecule has 5 heteroatoms. The highest BCUT2D eigenvalue weighted by Gasteiger charge is 2.37. The highest BCUT2D eigenvalue weighted by Crippen LogP contribution is 2.33. The molecule has 3 rings (SSSR count). The zero-order valence-electron chi connectivity index (χ0n) is 18.0. The number of ketones is 1. The van der Waals surface area contributed by atoms with Gasteiger partial charge in [-0.15, -0.1) is 0 Å². The second kappa shape index (κ2) is 12.0. The molecular formula is C24H38O5. The molecule has 0 spiro atoms. The van der Waals surface area contributed by atoms with Gasteiger partial charge in [0.2, 0.25) is 0 Å². The fourth-order valence-electron chi connectivity index (χ4n) is 4.30. The SMILES string of the molecule is C=C1C(=O)CC(OC2CCCCO2)C1C=C[C@H](CCCCC)OC1CCCCO1. The summed E-state index contributed by atoms with van der Waals surface area (Å²) in [5, 5.41) is 0. The van der Waals surface area contributed by atoms with E-state index < -0.39 is 0 Å². The van der Waals surface area contributed by atoms with Gasteiger partial charge in [0.1, 0.15) is 0 Å². The molecule has 0 amide bonds. The third kappa shape index (κ3) is 7.02. The van der Waals surface area contributed by atoms with E-state index in [-0.39, 0.29) is 36.5 Å². The van der Waals surface area contributed by atoms with Crippen LogP contribution in [0.5, 0.6) is 0 Å². The lowest BCUT2D eigenvalue weighted by Gasteiger charge is -2.28. The minimum Gasteiger partial charge on any atom is -0.353 e. The van der Waals surface area contributed by atoms with Crippen LogP contribution in [-0.4, -0.2) is 43.8 Å². The van der Waals surface area contributed by atoms with Crippen molar-refractivity contribution in [1.29, 1.82) is 0 Å². The standard InChI is InChI=1S/C24H38O5/c1-3-4-5-10-19(28-23-11-6-8-15-26-23)13-14-20-18(2)21(25)17-22(20)29-24-12-7-9-16-27-24/h13-14,19-20,22-24H,2-12,15-17H2,1H3/t19-,20?,22?,23?,24?/m0/s1. The van der Waals surface area contributed by atoms with Crippen molar-refractivity contribution in [1.82, 2.24) is 0 Å². The molecule has 0 N–H and O–H groups in total. The van der Waals surface area contributed by atoms with Gasteiger partial charge in [-0.3, -0.25) is 4.79 Å². The molecule has 0 bridgehead atoms. The molecule has 0 aromatic carbocycles. The predicted octanol–water partition coefficient (Wildman–Crippen LogP) is 5.09. The summed E-state index contributed by atoms with van der Waals surface area (Å²) in [5.41, 5.74) is 0.642. The Morgan fingerprint density at radius 3 is 2.48 bits per heavy atom. The minimum atomic E-state index is -0.199. The fourth-order valence-corrected chi connectivity index (χ4v) is 4.30. The van der Waals surface area contributed by atoms with Gasteiger partial charge in [-0.2, -0.15) is 0 Å². The second-order valence-corrected chi connectivity index (χ2v) is 8.50. The summed E-state index contributed by atoms with van der Waals surface area (Å²) < 4.78 is 23.9. The maximum absolute atomic E-state index is 12.3. The van der Waals surface area contributed by atoms with Crippen molar-refractivity contribution in [2.75, 3.05) is 13.2 Å². The van der Waals surface area contributed by atoms with Crippen LogP contribution in [0.15, 0.2) is 24.3 Å². The van der Waals surface area contributed by atoms with Gasteiger partial charge in [0.05, 0.1) is 12.2 Å². The zero-order valence-corrected chi connectivity index (χ0v) is 18.0. The first kappa shape index (κ1) is 22.7. The summed E-state index contributed by atoms with van der Waals surface area (Å²) in [5.74, 6) is -0.00268. The molecule has 164 valence electrons. The van der Waals surface area contributed by atoms with Gasteiger partial charge in [-0.25, -0.2) is 0 Å². The molecule has 0 aromatic heterocycles.